The molecule has 0 saturated carbocycles. The highest BCUT2D eigenvalue weighted by Gasteiger charge is 2.31. The minimum Gasteiger partial charge on any atom is -0.355 e. The molecule has 5 heteroatoms. The maximum Gasteiger partial charge on any atom is 0.157 e. The van der Waals surface area contributed by atoms with Gasteiger partial charge in [-0.15, -0.1) is 0 Å². The third kappa shape index (κ3) is 3.76. The zero-order valence-electron chi connectivity index (χ0n) is 21.6. The zero-order chi connectivity index (χ0) is 25.5. The molecule has 0 unspecified atom stereocenters. The van der Waals surface area contributed by atoms with Crippen LogP contribution in [-0.2, 0) is 12.8 Å². The number of para-hydroxylation sites is 2. The van der Waals surface area contributed by atoms with Gasteiger partial charge in [0, 0.05) is 26.2 Å². The lowest BCUT2D eigenvalue weighted by atomic mass is 9.88. The lowest BCUT2D eigenvalue weighted by Crippen LogP contribution is -2.48. The summed E-state index contributed by atoms with van der Waals surface area (Å²) in [6, 6.07) is 32.9. The van der Waals surface area contributed by atoms with E-state index in [4.69, 9.17) is 4.98 Å². The lowest BCUT2D eigenvalue weighted by molar-refractivity contribution is 0.211. The number of hydrogen-bond acceptors (Lipinski definition) is 4. The Morgan fingerprint density at radius 3 is 1.97 bits per heavy atom. The molecule has 0 N–H and O–H groups in total. The minimum atomic E-state index is 0.239. The third-order valence-electron chi connectivity index (χ3n) is 8.36. The molecular weight excluding hydrogens is 466 g/mol. The Hall–Kier alpha value is -4.14. The van der Waals surface area contributed by atoms with Gasteiger partial charge in [-0.05, 0) is 60.1 Å². The molecule has 0 radical (unpaired) electrons. The van der Waals surface area contributed by atoms with Gasteiger partial charge in [0.15, 0.2) is 5.65 Å². The van der Waals surface area contributed by atoms with Crippen molar-refractivity contribution in [1.82, 2.24) is 14.3 Å². The zero-order valence-corrected chi connectivity index (χ0v) is 21.6. The molecule has 0 atom stereocenters. The molecule has 1 saturated heterocycles. The van der Waals surface area contributed by atoms with Gasteiger partial charge in [-0.25, -0.2) is 4.98 Å². The second-order valence-corrected chi connectivity index (χ2v) is 10.5. The van der Waals surface area contributed by atoms with Crippen molar-refractivity contribution < 1.29 is 0 Å². The molecule has 7 rings (SSSR count). The first-order valence-corrected chi connectivity index (χ1v) is 13.8. The molecule has 3 aromatic carbocycles. The number of anilines is 1. The Morgan fingerprint density at radius 1 is 0.711 bits per heavy atom. The highest BCUT2D eigenvalue weighted by Crippen LogP contribution is 2.38. The molecule has 188 valence electrons. The molecule has 1 fully saturated rings. The number of benzene rings is 3. The number of fused-ring (bicyclic) bond motifs is 4. The Morgan fingerprint density at radius 2 is 1.32 bits per heavy atom. The summed E-state index contributed by atoms with van der Waals surface area (Å²) in [7, 11) is 0. The predicted octanol–water partition coefficient (Wildman–Crippen LogP) is 6.15. The van der Waals surface area contributed by atoms with Crippen molar-refractivity contribution in [3.63, 3.8) is 0 Å². The molecule has 38 heavy (non-hydrogen) atoms. The second kappa shape index (κ2) is 9.63. The van der Waals surface area contributed by atoms with E-state index < -0.39 is 0 Å². The van der Waals surface area contributed by atoms with E-state index in [-0.39, 0.29) is 6.04 Å². The Bertz CT molecular complexity index is 1600. The van der Waals surface area contributed by atoms with Gasteiger partial charge in [-0.1, -0.05) is 72.8 Å². The molecule has 2 aromatic heterocycles. The van der Waals surface area contributed by atoms with E-state index in [1.807, 2.05) is 6.07 Å². The minimum absolute atomic E-state index is 0.239. The van der Waals surface area contributed by atoms with Crippen LogP contribution in [0.4, 0.5) is 5.82 Å². The smallest absolute Gasteiger partial charge is 0.157 e. The lowest BCUT2D eigenvalue weighted by Gasteiger charge is -2.42. The average Bonchev–Trinajstić information content (AvgIpc) is 3.37. The first-order valence-electron chi connectivity index (χ1n) is 13.8. The van der Waals surface area contributed by atoms with Crippen molar-refractivity contribution >= 4 is 22.5 Å². The van der Waals surface area contributed by atoms with E-state index >= 15 is 0 Å². The van der Waals surface area contributed by atoms with E-state index in [9.17, 15) is 5.26 Å². The topological polar surface area (TPSA) is 47.6 Å². The Balaban J connectivity index is 1.30. The third-order valence-corrected chi connectivity index (χ3v) is 8.36. The highest BCUT2D eigenvalue weighted by atomic mass is 15.3. The van der Waals surface area contributed by atoms with Gasteiger partial charge in [0.1, 0.15) is 11.9 Å². The van der Waals surface area contributed by atoms with E-state index in [0.717, 1.165) is 67.7 Å². The molecule has 0 amide bonds. The van der Waals surface area contributed by atoms with Crippen molar-refractivity contribution in [3.05, 3.63) is 113 Å². The molecule has 5 nitrogen and oxygen atoms in total. The number of nitrogens with zero attached hydrogens (tertiary/aromatic N) is 5. The van der Waals surface area contributed by atoms with Gasteiger partial charge in [-0.3, -0.25) is 9.30 Å². The molecule has 1 aliphatic carbocycles. The normalized spacial score (nSPS) is 16.2. The summed E-state index contributed by atoms with van der Waals surface area (Å²) >= 11 is 0. The summed E-state index contributed by atoms with van der Waals surface area (Å²) < 4.78 is 2.29. The quantitative estimate of drug-likeness (QED) is 0.299. The van der Waals surface area contributed by atoms with Crippen LogP contribution in [0.5, 0.6) is 0 Å². The Labute approximate surface area is 223 Å². The van der Waals surface area contributed by atoms with Crippen molar-refractivity contribution in [2.45, 2.75) is 31.7 Å². The molecule has 0 spiro atoms. The average molecular weight is 498 g/mol. The van der Waals surface area contributed by atoms with E-state index in [1.165, 1.54) is 34.5 Å². The summed E-state index contributed by atoms with van der Waals surface area (Å²) in [5, 5.41) is 10.2. The number of piperazine rings is 1. The maximum atomic E-state index is 10.2. The fourth-order valence-electron chi connectivity index (χ4n) is 6.63. The van der Waals surface area contributed by atoms with Crippen LogP contribution < -0.4 is 4.90 Å². The van der Waals surface area contributed by atoms with Crippen molar-refractivity contribution in [1.29, 1.82) is 5.26 Å². The molecule has 3 heterocycles. The Kier molecular flexibility index (Phi) is 5.83. The molecular formula is C33H31N5. The van der Waals surface area contributed by atoms with Crippen LogP contribution in [0.25, 0.3) is 16.7 Å². The van der Waals surface area contributed by atoms with Crippen molar-refractivity contribution in [2.24, 2.45) is 0 Å². The highest BCUT2D eigenvalue weighted by molar-refractivity contribution is 5.86. The number of hydrogen-bond donors (Lipinski definition) is 0. The molecule has 5 aromatic rings. The van der Waals surface area contributed by atoms with Gasteiger partial charge >= 0.3 is 0 Å². The number of pyridine rings is 1. The van der Waals surface area contributed by atoms with Crippen LogP contribution >= 0.6 is 0 Å². The van der Waals surface area contributed by atoms with Crippen molar-refractivity contribution in [2.75, 3.05) is 31.1 Å². The summed E-state index contributed by atoms with van der Waals surface area (Å²) in [6.45, 7) is 3.82. The standard InChI is InChI=1S/C33H31N5/c34-23-28-26-15-7-8-16-27(26)33(38-30-18-10-9-17-29(30)35-32(28)38)37-21-19-36(20-22-37)31(24-11-3-1-4-12-24)25-13-5-2-6-14-25/h1-6,9-14,17-18,31H,7-8,15-16,19-22H2. The predicted molar refractivity (Wildman–Crippen MR) is 153 cm³/mol. The van der Waals surface area contributed by atoms with Gasteiger partial charge < -0.3 is 4.90 Å². The second-order valence-electron chi connectivity index (χ2n) is 10.5. The first kappa shape index (κ1) is 23.0. The van der Waals surface area contributed by atoms with Gasteiger partial charge in [-0.2, -0.15) is 5.26 Å². The van der Waals surface area contributed by atoms with Crippen LogP contribution in [0.2, 0.25) is 0 Å². The number of nitriles is 1. The SMILES string of the molecule is N#Cc1c2c(c(N3CCN(C(c4ccccc4)c4ccccc4)CC3)n3c1nc1ccccc13)CCCC2. The van der Waals surface area contributed by atoms with Gasteiger partial charge in [0.2, 0.25) is 0 Å². The van der Waals surface area contributed by atoms with Gasteiger partial charge in [0.05, 0.1) is 22.6 Å². The summed E-state index contributed by atoms with van der Waals surface area (Å²) in [5.41, 5.74) is 8.90. The van der Waals surface area contributed by atoms with E-state index in [1.54, 1.807) is 0 Å². The molecule has 2 aliphatic rings. The fourth-order valence-corrected chi connectivity index (χ4v) is 6.63. The maximum absolute atomic E-state index is 10.2. The molecule has 0 bridgehead atoms. The van der Waals surface area contributed by atoms with Crippen LogP contribution in [0, 0.1) is 11.3 Å². The summed E-state index contributed by atoms with van der Waals surface area (Å²) in [4.78, 5) is 10.2. The number of aromatic nitrogens is 2. The summed E-state index contributed by atoms with van der Waals surface area (Å²) in [5.74, 6) is 1.26. The molecule has 1 aliphatic heterocycles. The largest absolute Gasteiger partial charge is 0.355 e. The first-order chi connectivity index (χ1) is 18.8. The summed E-state index contributed by atoms with van der Waals surface area (Å²) in [6.07, 6.45) is 4.31. The number of rotatable bonds is 4. The van der Waals surface area contributed by atoms with Gasteiger partial charge in [0.25, 0.3) is 0 Å². The van der Waals surface area contributed by atoms with Crippen LogP contribution in [0.15, 0.2) is 84.9 Å². The van der Waals surface area contributed by atoms with Crippen LogP contribution in [0.3, 0.4) is 0 Å². The fraction of sp³-hybridized carbons (Fsp3) is 0.273. The monoisotopic (exact) mass is 497 g/mol. The van der Waals surface area contributed by atoms with Crippen molar-refractivity contribution in [3.8, 4) is 6.07 Å². The van der Waals surface area contributed by atoms with E-state index in [0.29, 0.717) is 0 Å². The van der Waals surface area contributed by atoms with Crippen LogP contribution in [0.1, 0.15) is 46.7 Å². The van der Waals surface area contributed by atoms with E-state index in [2.05, 4.69) is 99.1 Å². The van der Waals surface area contributed by atoms with Crippen LogP contribution in [-0.4, -0.2) is 40.5 Å². The number of imidazole rings is 1.